The molecule has 5 aromatic rings. The van der Waals surface area contributed by atoms with Crippen LogP contribution in [0.1, 0.15) is 19.4 Å². The second-order valence-electron chi connectivity index (χ2n) is 8.46. The SMILES string of the molecule is [2H]C([2H])([2H])c1cnc(-c2cccc3c2sc2cc4[c](cc23)[Ge]([CH3])([CH3])[c]2ccccc2-4)cc1C([2H])([2H])[2H]. The first-order valence-corrected chi connectivity index (χ1v) is 17.1. The van der Waals surface area contributed by atoms with Gasteiger partial charge >= 0.3 is 192 Å². The van der Waals surface area contributed by atoms with Crippen molar-refractivity contribution in [3.05, 3.63) is 78.0 Å². The normalized spacial score (nSPS) is 18.1. The van der Waals surface area contributed by atoms with E-state index in [1.807, 2.05) is 12.1 Å². The molecule has 1 nitrogen and oxygen atoms in total. The molecule has 6 rings (SSSR count). The van der Waals surface area contributed by atoms with Gasteiger partial charge in [0.15, 0.2) is 0 Å². The number of aryl methyl sites for hydroxylation is 2. The fourth-order valence-electron chi connectivity index (χ4n) is 4.80. The maximum absolute atomic E-state index is 7.94. The molecular weight excluding hydrogens is 443 g/mol. The van der Waals surface area contributed by atoms with Gasteiger partial charge in [-0.05, 0) is 0 Å². The number of pyridine rings is 1. The summed E-state index contributed by atoms with van der Waals surface area (Å²) in [5.74, 6) is 4.90. The molecule has 146 valence electrons. The van der Waals surface area contributed by atoms with Crippen LogP contribution >= 0.6 is 11.3 Å². The Morgan fingerprint density at radius 2 is 1.63 bits per heavy atom. The van der Waals surface area contributed by atoms with Crippen molar-refractivity contribution < 1.29 is 8.22 Å². The van der Waals surface area contributed by atoms with Crippen LogP contribution in [0.15, 0.2) is 66.9 Å². The van der Waals surface area contributed by atoms with E-state index in [0.29, 0.717) is 5.69 Å². The van der Waals surface area contributed by atoms with Gasteiger partial charge in [0.2, 0.25) is 0 Å². The van der Waals surface area contributed by atoms with Gasteiger partial charge in [-0.1, -0.05) is 0 Å². The van der Waals surface area contributed by atoms with Gasteiger partial charge in [-0.3, -0.25) is 0 Å². The molecule has 0 unspecified atom stereocenters. The number of benzene rings is 3. The van der Waals surface area contributed by atoms with Crippen LogP contribution in [0.4, 0.5) is 0 Å². The Kier molecular flexibility index (Phi) is 2.74. The zero-order chi connectivity index (χ0) is 25.6. The molecule has 3 heteroatoms. The topological polar surface area (TPSA) is 12.9 Å². The van der Waals surface area contributed by atoms with E-state index in [1.165, 1.54) is 42.3 Å². The van der Waals surface area contributed by atoms with E-state index in [-0.39, 0.29) is 11.1 Å². The number of rotatable bonds is 1. The van der Waals surface area contributed by atoms with Gasteiger partial charge in [-0.2, -0.15) is 0 Å². The molecule has 0 atom stereocenters. The summed E-state index contributed by atoms with van der Waals surface area (Å²) in [7, 11) is 0. The van der Waals surface area contributed by atoms with E-state index in [2.05, 4.69) is 59.0 Å². The zero-order valence-electron chi connectivity index (χ0n) is 22.7. The van der Waals surface area contributed by atoms with Crippen molar-refractivity contribution in [3.8, 4) is 22.4 Å². The first-order chi connectivity index (χ1) is 16.9. The van der Waals surface area contributed by atoms with Crippen molar-refractivity contribution in [1.29, 1.82) is 0 Å². The Balaban J connectivity index is 1.59. The van der Waals surface area contributed by atoms with Gasteiger partial charge in [-0.15, -0.1) is 0 Å². The molecule has 0 aliphatic carbocycles. The van der Waals surface area contributed by atoms with Crippen molar-refractivity contribution in [2.24, 2.45) is 0 Å². The summed E-state index contributed by atoms with van der Waals surface area (Å²) in [6, 6.07) is 20.9. The van der Waals surface area contributed by atoms with Crippen molar-refractivity contribution in [2.75, 3.05) is 0 Å². The van der Waals surface area contributed by atoms with Crippen molar-refractivity contribution in [3.63, 3.8) is 0 Å². The molecule has 0 fully saturated rings. The van der Waals surface area contributed by atoms with Crippen LogP contribution < -0.4 is 8.79 Å². The molecule has 30 heavy (non-hydrogen) atoms. The molecule has 2 aromatic heterocycles. The molecular formula is C27H23GeNS. The predicted octanol–water partition coefficient (Wildman–Crippen LogP) is 6.54. The molecule has 1 aliphatic heterocycles. The molecule has 0 bridgehead atoms. The zero-order valence-corrected chi connectivity index (χ0v) is 19.6. The Morgan fingerprint density at radius 1 is 0.800 bits per heavy atom. The summed E-state index contributed by atoms with van der Waals surface area (Å²) in [4.78, 5) is 4.43. The van der Waals surface area contributed by atoms with Crippen LogP contribution in [0.3, 0.4) is 0 Å². The fraction of sp³-hybridized carbons (Fsp3) is 0.148. The second-order valence-corrected chi connectivity index (χ2v) is 18.6. The van der Waals surface area contributed by atoms with Crippen LogP contribution in [-0.4, -0.2) is 18.3 Å². The van der Waals surface area contributed by atoms with E-state index < -0.39 is 27.0 Å². The van der Waals surface area contributed by atoms with Crippen LogP contribution in [0.2, 0.25) is 11.5 Å². The van der Waals surface area contributed by atoms with Crippen LogP contribution in [0, 0.1) is 13.7 Å². The summed E-state index contributed by atoms with van der Waals surface area (Å²) in [6.07, 6.45) is 1.21. The summed E-state index contributed by atoms with van der Waals surface area (Å²) in [6.45, 7) is -5.10. The average Bonchev–Trinajstić information content (AvgIpc) is 3.29. The number of hydrogen-bond acceptors (Lipinski definition) is 2. The monoisotopic (exact) mass is 473 g/mol. The summed E-state index contributed by atoms with van der Waals surface area (Å²) < 4.78 is 52.3. The molecule has 0 saturated carbocycles. The Hall–Kier alpha value is -2.43. The van der Waals surface area contributed by atoms with E-state index in [4.69, 9.17) is 8.22 Å². The summed E-state index contributed by atoms with van der Waals surface area (Å²) in [5.41, 5.74) is 3.58. The van der Waals surface area contributed by atoms with Crippen molar-refractivity contribution >= 4 is 53.6 Å². The maximum atomic E-state index is 7.94. The van der Waals surface area contributed by atoms with Crippen molar-refractivity contribution in [2.45, 2.75) is 25.2 Å². The third-order valence-corrected chi connectivity index (χ3v) is 15.0. The standard InChI is InChI=1S/C27H23GeNS/c1-16-12-25(29-15-17(16)2)20-10-7-9-19-22-13-24-21(14-26(22)30-27(19)20)18-8-5-6-11-23(18)28(24,3)4/h5-15H,1-4H3/i1D3,2D3. The van der Waals surface area contributed by atoms with E-state index in [1.54, 1.807) is 11.3 Å². The predicted molar refractivity (Wildman–Crippen MR) is 134 cm³/mol. The quantitative estimate of drug-likeness (QED) is 0.253. The Morgan fingerprint density at radius 3 is 2.50 bits per heavy atom. The second kappa shape index (κ2) is 6.29. The first kappa shape index (κ1) is 13.1. The third-order valence-electron chi connectivity index (χ3n) is 6.38. The number of hydrogen-bond donors (Lipinski definition) is 0. The van der Waals surface area contributed by atoms with Crippen LogP contribution in [-0.2, 0) is 0 Å². The Labute approximate surface area is 192 Å². The van der Waals surface area contributed by atoms with E-state index in [0.717, 1.165) is 15.6 Å². The Bertz CT molecular complexity index is 1700. The minimum atomic E-state index is -2.55. The number of aromatic nitrogens is 1. The van der Waals surface area contributed by atoms with Crippen molar-refractivity contribution in [1.82, 2.24) is 4.98 Å². The molecule has 0 radical (unpaired) electrons. The van der Waals surface area contributed by atoms with Gasteiger partial charge in [0, 0.05) is 0 Å². The fourth-order valence-corrected chi connectivity index (χ4v) is 12.5. The van der Waals surface area contributed by atoms with Gasteiger partial charge in [-0.25, -0.2) is 0 Å². The third kappa shape index (κ3) is 2.44. The summed E-state index contributed by atoms with van der Waals surface area (Å²) >= 11 is -0.735. The molecule has 0 spiro atoms. The van der Waals surface area contributed by atoms with E-state index >= 15 is 0 Å². The van der Waals surface area contributed by atoms with Gasteiger partial charge in [0.1, 0.15) is 0 Å². The van der Waals surface area contributed by atoms with Crippen LogP contribution in [0.5, 0.6) is 0 Å². The molecule has 0 saturated heterocycles. The number of thiophene rings is 1. The molecule has 3 aromatic carbocycles. The van der Waals surface area contributed by atoms with E-state index in [9.17, 15) is 0 Å². The molecule has 0 N–H and O–H groups in total. The number of nitrogens with zero attached hydrogens (tertiary/aromatic N) is 1. The van der Waals surface area contributed by atoms with Gasteiger partial charge in [0.25, 0.3) is 0 Å². The average molecular weight is 472 g/mol. The molecule has 1 aliphatic rings. The van der Waals surface area contributed by atoms with Gasteiger partial charge in [0.05, 0.1) is 0 Å². The number of fused-ring (bicyclic) bond motifs is 6. The van der Waals surface area contributed by atoms with Crippen LogP contribution in [0.25, 0.3) is 42.6 Å². The molecule has 0 amide bonds. The minimum absolute atomic E-state index is 0.170. The van der Waals surface area contributed by atoms with Gasteiger partial charge < -0.3 is 0 Å². The molecule has 3 heterocycles. The first-order valence-electron chi connectivity index (χ1n) is 13.0. The summed E-state index contributed by atoms with van der Waals surface area (Å²) in [5, 5.41) is 2.32.